The molecule has 0 bridgehead atoms. The maximum atomic E-state index is 9.86. The molecule has 88 valence electrons. The fraction of sp³-hybridized carbons (Fsp3) is 0.700. The molecule has 6 nitrogen and oxygen atoms in total. The summed E-state index contributed by atoms with van der Waals surface area (Å²) >= 11 is 0. The molecule has 0 aliphatic heterocycles. The van der Waals surface area contributed by atoms with Gasteiger partial charge in [0.05, 0.1) is 6.04 Å². The van der Waals surface area contributed by atoms with Crippen LogP contribution >= 0.6 is 0 Å². The first-order valence-corrected chi connectivity index (χ1v) is 4.80. The van der Waals surface area contributed by atoms with E-state index in [0.717, 1.165) is 30.9 Å². The minimum atomic E-state index is 0.286. The fourth-order valence-corrected chi connectivity index (χ4v) is 1.45. The highest BCUT2D eigenvalue weighted by Gasteiger charge is 2.16. The third kappa shape index (κ3) is 12.1. The number of nitrogens with one attached hydrogen (secondary N) is 2. The molecule has 1 fully saturated rings. The molecule has 0 spiro atoms. The van der Waals surface area contributed by atoms with Crippen LogP contribution < -0.4 is 0 Å². The van der Waals surface area contributed by atoms with Gasteiger partial charge in [0.25, 0.3) is 0 Å². The van der Waals surface area contributed by atoms with Crippen molar-refractivity contribution in [2.75, 3.05) is 0 Å². The second-order valence-electron chi connectivity index (χ2n) is 3.34. The summed E-state index contributed by atoms with van der Waals surface area (Å²) in [6.45, 7) is 2.25. The second-order valence-corrected chi connectivity index (χ2v) is 3.34. The largest absolute Gasteiger partial charge is 0.235 e. The third-order valence-corrected chi connectivity index (χ3v) is 2.22. The Balaban J connectivity index is 0. The van der Waals surface area contributed by atoms with Gasteiger partial charge < -0.3 is 0 Å². The van der Waals surface area contributed by atoms with Gasteiger partial charge in [-0.2, -0.15) is 0 Å². The normalized spacial score (nSPS) is 21.6. The molecule has 1 saturated carbocycles. The molecule has 0 aromatic rings. The van der Waals surface area contributed by atoms with E-state index in [1.807, 2.05) is 0 Å². The van der Waals surface area contributed by atoms with Crippen molar-refractivity contribution in [2.45, 2.75) is 38.6 Å². The Morgan fingerprint density at radius 3 is 1.69 bits per heavy atom. The molecule has 0 heterocycles. The number of carbonyl (C=O) groups excluding carboxylic acids is 3. The van der Waals surface area contributed by atoms with Crippen molar-refractivity contribution in [1.82, 2.24) is 0 Å². The van der Waals surface area contributed by atoms with Gasteiger partial charge in [0.15, 0.2) is 0 Å². The molecule has 16 heavy (non-hydrogen) atoms. The Hall–Kier alpha value is -1.86. The van der Waals surface area contributed by atoms with Crippen molar-refractivity contribution in [2.24, 2.45) is 10.9 Å². The van der Waals surface area contributed by atoms with Gasteiger partial charge in [-0.15, -0.1) is 0 Å². The molecule has 0 unspecified atom stereocenters. The first-order valence-electron chi connectivity index (χ1n) is 4.80. The van der Waals surface area contributed by atoms with E-state index >= 15 is 0 Å². The molecule has 0 amide bonds. The van der Waals surface area contributed by atoms with Gasteiger partial charge in [0.2, 0.25) is 18.2 Å². The van der Waals surface area contributed by atoms with Crippen molar-refractivity contribution in [3.05, 3.63) is 0 Å². The van der Waals surface area contributed by atoms with E-state index in [9.17, 15) is 4.79 Å². The van der Waals surface area contributed by atoms with Crippen molar-refractivity contribution in [1.29, 1.82) is 10.8 Å². The van der Waals surface area contributed by atoms with Gasteiger partial charge in [-0.3, -0.25) is 0 Å². The van der Waals surface area contributed by atoms with E-state index in [1.54, 1.807) is 6.08 Å². The minimum Gasteiger partial charge on any atom is -0.222 e. The highest BCUT2D eigenvalue weighted by atomic mass is 16.1. The van der Waals surface area contributed by atoms with E-state index in [4.69, 9.17) is 20.4 Å². The number of isocyanates is 3. The molecule has 0 aromatic carbocycles. The summed E-state index contributed by atoms with van der Waals surface area (Å²) < 4.78 is 0. The molecule has 2 N–H and O–H groups in total. The maximum Gasteiger partial charge on any atom is 0.235 e. The Morgan fingerprint density at radius 2 is 1.38 bits per heavy atom. The van der Waals surface area contributed by atoms with Crippen molar-refractivity contribution >= 4 is 18.2 Å². The van der Waals surface area contributed by atoms with Crippen LogP contribution in [0.15, 0.2) is 4.99 Å². The summed E-state index contributed by atoms with van der Waals surface area (Å²) in [6, 6.07) is 0.286. The smallest absolute Gasteiger partial charge is 0.222 e. The zero-order valence-corrected chi connectivity index (χ0v) is 9.16. The molecule has 0 aromatic heterocycles. The van der Waals surface area contributed by atoms with Crippen LogP contribution in [0.5, 0.6) is 0 Å². The Kier molecular flexibility index (Phi) is 13.6. The maximum absolute atomic E-state index is 9.86. The predicted octanol–water partition coefficient (Wildman–Crippen LogP) is 1.70. The standard InChI is InChI=1S/C8H13NO.2CHNO/c1-7-2-4-8(5-3-7)9-6-10;2*2-1-3/h7-8H,2-5H2,1H3;2*2H. The average molecular weight is 225 g/mol. The highest BCUT2D eigenvalue weighted by molar-refractivity contribution is 5.33. The van der Waals surface area contributed by atoms with Gasteiger partial charge in [-0.25, -0.2) is 30.2 Å². The molecule has 0 atom stereocenters. The average Bonchev–Trinajstić information content (AvgIpc) is 2.24. The number of aliphatic imine (C=N–C) groups is 1. The van der Waals surface area contributed by atoms with Gasteiger partial charge >= 0.3 is 0 Å². The van der Waals surface area contributed by atoms with E-state index in [2.05, 4.69) is 11.9 Å². The number of nitrogens with zero attached hydrogens (tertiary/aromatic N) is 1. The fourth-order valence-electron chi connectivity index (χ4n) is 1.45. The van der Waals surface area contributed by atoms with E-state index in [1.165, 1.54) is 12.8 Å². The van der Waals surface area contributed by atoms with Crippen LogP contribution in [0.1, 0.15) is 32.6 Å². The summed E-state index contributed by atoms with van der Waals surface area (Å²) in [5.74, 6) is 0.832. The van der Waals surface area contributed by atoms with Crippen LogP contribution in [0, 0.1) is 16.7 Å². The summed E-state index contributed by atoms with van der Waals surface area (Å²) in [5.41, 5.74) is 0. The summed E-state index contributed by atoms with van der Waals surface area (Å²) in [6.07, 6.45) is 7.72. The topological polar surface area (TPSA) is 111 Å². The summed E-state index contributed by atoms with van der Waals surface area (Å²) in [7, 11) is 0. The summed E-state index contributed by atoms with van der Waals surface area (Å²) in [5, 5.41) is 10.8. The molecule has 1 rings (SSSR count). The van der Waals surface area contributed by atoms with Crippen molar-refractivity contribution in [3.63, 3.8) is 0 Å². The molecule has 1 aliphatic carbocycles. The van der Waals surface area contributed by atoms with E-state index in [-0.39, 0.29) is 6.04 Å². The number of hydrogen-bond donors (Lipinski definition) is 2. The van der Waals surface area contributed by atoms with Crippen LogP contribution in [0.4, 0.5) is 0 Å². The van der Waals surface area contributed by atoms with E-state index < -0.39 is 0 Å². The monoisotopic (exact) mass is 225 g/mol. The molecule has 6 heteroatoms. The van der Waals surface area contributed by atoms with Crippen LogP contribution in [0.3, 0.4) is 0 Å². The van der Waals surface area contributed by atoms with Crippen LogP contribution in [-0.2, 0) is 14.4 Å². The Bertz CT molecular complexity index is 266. The lowest BCUT2D eigenvalue weighted by atomic mass is 9.88. The second kappa shape index (κ2) is 13.1. The lowest BCUT2D eigenvalue weighted by molar-refractivity contribution is 0.348. The zero-order valence-electron chi connectivity index (χ0n) is 9.16. The number of rotatable bonds is 1. The van der Waals surface area contributed by atoms with Crippen LogP contribution in [0.2, 0.25) is 0 Å². The quantitative estimate of drug-likeness (QED) is 0.523. The van der Waals surface area contributed by atoms with Crippen LogP contribution in [0.25, 0.3) is 0 Å². The van der Waals surface area contributed by atoms with Crippen molar-refractivity contribution in [3.8, 4) is 0 Å². The van der Waals surface area contributed by atoms with Crippen molar-refractivity contribution < 1.29 is 14.4 Å². The molecular weight excluding hydrogens is 210 g/mol. The molecule has 0 radical (unpaired) electrons. The van der Waals surface area contributed by atoms with Gasteiger partial charge in [-0.1, -0.05) is 6.92 Å². The highest BCUT2D eigenvalue weighted by Crippen LogP contribution is 2.24. The first kappa shape index (κ1) is 16.6. The van der Waals surface area contributed by atoms with E-state index in [0.29, 0.717) is 0 Å². The first-order chi connectivity index (χ1) is 7.65. The Labute approximate surface area is 93.8 Å². The Morgan fingerprint density at radius 1 is 1.00 bits per heavy atom. The predicted molar refractivity (Wildman–Crippen MR) is 56.4 cm³/mol. The third-order valence-electron chi connectivity index (χ3n) is 2.22. The lowest BCUT2D eigenvalue weighted by Crippen LogP contribution is -2.14. The zero-order chi connectivity index (χ0) is 12.8. The SMILES string of the molecule is CC1CCC(N=C=O)CC1.N=C=O.N=C=O. The summed E-state index contributed by atoms with van der Waals surface area (Å²) in [4.78, 5) is 30.3. The van der Waals surface area contributed by atoms with Gasteiger partial charge in [-0.05, 0) is 31.6 Å². The van der Waals surface area contributed by atoms with Gasteiger partial charge in [0.1, 0.15) is 0 Å². The molecular formula is C10H15N3O3. The minimum absolute atomic E-state index is 0.286. The lowest BCUT2D eigenvalue weighted by Gasteiger charge is -2.21. The number of hydrogen-bond acceptors (Lipinski definition) is 6. The molecule has 0 saturated heterocycles. The molecule has 1 aliphatic rings. The van der Waals surface area contributed by atoms with Gasteiger partial charge in [0, 0.05) is 0 Å². The van der Waals surface area contributed by atoms with Crippen LogP contribution in [-0.4, -0.2) is 24.3 Å².